The van der Waals surface area contributed by atoms with Gasteiger partial charge in [-0.25, -0.2) is 8.42 Å². The number of fused-ring (bicyclic) bond motifs is 1. The van der Waals surface area contributed by atoms with E-state index in [2.05, 4.69) is 5.48 Å². The first-order valence-electron chi connectivity index (χ1n) is 5.41. The highest BCUT2D eigenvalue weighted by Gasteiger charge is 2.25. The van der Waals surface area contributed by atoms with Gasteiger partial charge >= 0.3 is 0 Å². The summed E-state index contributed by atoms with van der Waals surface area (Å²) in [5.74, 6) is 0.752. The third-order valence-corrected chi connectivity index (χ3v) is 3.71. The number of benzene rings is 1. The third-order valence-electron chi connectivity index (χ3n) is 2.52. The third kappa shape index (κ3) is 2.58. The summed E-state index contributed by atoms with van der Waals surface area (Å²) in [5, 5.41) is 0. The van der Waals surface area contributed by atoms with Crippen LogP contribution >= 0.6 is 0 Å². The van der Waals surface area contributed by atoms with E-state index in [4.69, 9.17) is 14.3 Å². The summed E-state index contributed by atoms with van der Waals surface area (Å²) in [7, 11) is -1.94. The molecule has 0 radical (unpaired) electrons. The van der Waals surface area contributed by atoms with Crippen LogP contribution in [0.3, 0.4) is 0 Å². The molecule has 1 aromatic carbocycles. The molecule has 100 valence electrons. The normalized spacial score (nSPS) is 14.6. The minimum Gasteiger partial charge on any atom is -0.486 e. The molecule has 7 heteroatoms. The SMILES string of the molecule is CONCc1ccc2c(c1S(C)(=O)=O)OCCO2. The average Bonchev–Trinajstić information content (AvgIpc) is 2.34. The van der Waals surface area contributed by atoms with E-state index in [0.717, 1.165) is 6.26 Å². The van der Waals surface area contributed by atoms with Crippen molar-refractivity contribution in [2.45, 2.75) is 11.4 Å². The van der Waals surface area contributed by atoms with Crippen molar-refractivity contribution in [1.29, 1.82) is 0 Å². The molecular formula is C11H15NO5S. The number of sulfone groups is 1. The van der Waals surface area contributed by atoms with Crippen LogP contribution in [0.2, 0.25) is 0 Å². The summed E-state index contributed by atoms with van der Waals surface area (Å²) in [4.78, 5) is 4.90. The molecule has 0 saturated carbocycles. The maximum atomic E-state index is 11.9. The Labute approximate surface area is 106 Å². The van der Waals surface area contributed by atoms with Crippen LogP contribution in [0.5, 0.6) is 11.5 Å². The van der Waals surface area contributed by atoms with E-state index >= 15 is 0 Å². The second-order valence-corrected chi connectivity index (χ2v) is 5.83. The smallest absolute Gasteiger partial charge is 0.180 e. The zero-order valence-corrected chi connectivity index (χ0v) is 11.0. The molecule has 0 amide bonds. The molecule has 1 aromatic rings. The first-order chi connectivity index (χ1) is 8.54. The monoisotopic (exact) mass is 273 g/mol. The van der Waals surface area contributed by atoms with E-state index in [1.54, 1.807) is 12.1 Å². The summed E-state index contributed by atoms with van der Waals surface area (Å²) >= 11 is 0. The van der Waals surface area contributed by atoms with Gasteiger partial charge in [-0.3, -0.25) is 0 Å². The van der Waals surface area contributed by atoms with Crippen LogP contribution in [0.1, 0.15) is 5.56 Å². The van der Waals surface area contributed by atoms with Gasteiger partial charge in [0, 0.05) is 12.8 Å². The Kier molecular flexibility index (Phi) is 3.74. The summed E-state index contributed by atoms with van der Waals surface area (Å²) < 4.78 is 34.6. The quantitative estimate of drug-likeness (QED) is 0.806. The fourth-order valence-corrected chi connectivity index (χ4v) is 2.94. The lowest BCUT2D eigenvalue weighted by Gasteiger charge is -2.22. The Morgan fingerprint density at radius 1 is 1.33 bits per heavy atom. The zero-order chi connectivity index (χ0) is 13.2. The molecule has 0 unspecified atom stereocenters. The Hall–Kier alpha value is -1.31. The highest BCUT2D eigenvalue weighted by atomic mass is 32.2. The number of rotatable bonds is 4. The zero-order valence-electron chi connectivity index (χ0n) is 10.2. The van der Waals surface area contributed by atoms with Gasteiger partial charge in [0.25, 0.3) is 0 Å². The van der Waals surface area contributed by atoms with Crippen LogP contribution in [0.25, 0.3) is 0 Å². The Bertz CT molecular complexity index is 541. The lowest BCUT2D eigenvalue weighted by molar-refractivity contribution is 0.0858. The van der Waals surface area contributed by atoms with Crippen molar-refractivity contribution in [2.24, 2.45) is 0 Å². The van der Waals surface area contributed by atoms with E-state index in [1.807, 2.05) is 0 Å². The number of hydroxylamine groups is 1. The molecule has 0 fully saturated rings. The van der Waals surface area contributed by atoms with Gasteiger partial charge in [-0.05, 0) is 11.6 Å². The second kappa shape index (κ2) is 5.13. The van der Waals surface area contributed by atoms with Crippen LogP contribution in [-0.4, -0.2) is 35.0 Å². The van der Waals surface area contributed by atoms with Gasteiger partial charge in [-0.1, -0.05) is 6.07 Å². The molecule has 0 bridgehead atoms. The van der Waals surface area contributed by atoms with Crippen molar-refractivity contribution in [3.05, 3.63) is 17.7 Å². The fraction of sp³-hybridized carbons (Fsp3) is 0.455. The minimum atomic E-state index is -3.41. The van der Waals surface area contributed by atoms with Crippen molar-refractivity contribution in [3.8, 4) is 11.5 Å². The molecule has 1 N–H and O–H groups in total. The van der Waals surface area contributed by atoms with Gasteiger partial charge in [0.1, 0.15) is 18.1 Å². The summed E-state index contributed by atoms with van der Waals surface area (Å²) in [6.45, 7) is 1.04. The molecule has 0 spiro atoms. The molecule has 2 rings (SSSR count). The predicted octanol–water partition coefficient (Wildman–Crippen LogP) is 0.512. The summed E-state index contributed by atoms with van der Waals surface area (Å²) in [5.41, 5.74) is 3.21. The highest BCUT2D eigenvalue weighted by Crippen LogP contribution is 2.38. The van der Waals surface area contributed by atoms with Crippen molar-refractivity contribution >= 4 is 9.84 Å². The number of hydrogen-bond acceptors (Lipinski definition) is 6. The first-order valence-corrected chi connectivity index (χ1v) is 7.30. The highest BCUT2D eigenvalue weighted by molar-refractivity contribution is 7.90. The summed E-state index contributed by atoms with van der Waals surface area (Å²) in [6.07, 6.45) is 1.15. The van der Waals surface area contributed by atoms with Crippen LogP contribution in [0, 0.1) is 0 Å². The molecule has 0 aliphatic carbocycles. The van der Waals surface area contributed by atoms with Crippen molar-refractivity contribution in [3.63, 3.8) is 0 Å². The van der Waals surface area contributed by atoms with Gasteiger partial charge in [0.2, 0.25) is 0 Å². The standard InChI is InChI=1S/C11H15NO5S/c1-15-12-7-8-3-4-9-10(17-6-5-16-9)11(8)18(2,13)14/h3-4,12H,5-7H2,1-2H3. The maximum Gasteiger partial charge on any atom is 0.180 e. The first kappa shape index (κ1) is 13.1. The van der Waals surface area contributed by atoms with E-state index in [0.29, 0.717) is 30.3 Å². The van der Waals surface area contributed by atoms with Crippen LogP contribution in [-0.2, 0) is 21.2 Å². The second-order valence-electron chi connectivity index (χ2n) is 3.88. The molecule has 18 heavy (non-hydrogen) atoms. The molecule has 1 aliphatic rings. The average molecular weight is 273 g/mol. The van der Waals surface area contributed by atoms with E-state index in [9.17, 15) is 8.42 Å². The Morgan fingerprint density at radius 2 is 2.06 bits per heavy atom. The van der Waals surface area contributed by atoms with Gasteiger partial charge < -0.3 is 14.3 Å². The molecule has 6 nitrogen and oxygen atoms in total. The van der Waals surface area contributed by atoms with Gasteiger partial charge in [0.15, 0.2) is 21.3 Å². The van der Waals surface area contributed by atoms with Crippen LogP contribution in [0.15, 0.2) is 17.0 Å². The lowest BCUT2D eigenvalue weighted by Crippen LogP contribution is -2.20. The van der Waals surface area contributed by atoms with E-state index in [1.165, 1.54) is 7.11 Å². The van der Waals surface area contributed by atoms with E-state index < -0.39 is 9.84 Å². The number of ether oxygens (including phenoxy) is 2. The predicted molar refractivity (Wildman–Crippen MR) is 64.4 cm³/mol. The minimum absolute atomic E-state index is 0.157. The van der Waals surface area contributed by atoms with Gasteiger partial charge in [-0.2, -0.15) is 5.48 Å². The molecule has 1 heterocycles. The molecule has 0 aromatic heterocycles. The molecule has 0 saturated heterocycles. The topological polar surface area (TPSA) is 73.9 Å². The Morgan fingerprint density at radius 3 is 2.72 bits per heavy atom. The van der Waals surface area contributed by atoms with Crippen molar-refractivity contribution in [2.75, 3.05) is 26.6 Å². The largest absolute Gasteiger partial charge is 0.486 e. The van der Waals surface area contributed by atoms with Crippen LogP contribution in [0.4, 0.5) is 0 Å². The van der Waals surface area contributed by atoms with E-state index in [-0.39, 0.29) is 11.4 Å². The number of hydrogen-bond donors (Lipinski definition) is 1. The van der Waals surface area contributed by atoms with Crippen molar-refractivity contribution < 1.29 is 22.7 Å². The fourth-order valence-electron chi connectivity index (χ4n) is 1.83. The Balaban J connectivity index is 2.54. The van der Waals surface area contributed by atoms with Gasteiger partial charge in [-0.15, -0.1) is 0 Å². The van der Waals surface area contributed by atoms with Crippen LogP contribution < -0.4 is 15.0 Å². The van der Waals surface area contributed by atoms with Gasteiger partial charge in [0.05, 0.1) is 7.11 Å². The molecule has 0 atom stereocenters. The number of nitrogens with one attached hydrogen (secondary N) is 1. The van der Waals surface area contributed by atoms with Crippen molar-refractivity contribution in [1.82, 2.24) is 5.48 Å². The molecule has 1 aliphatic heterocycles. The summed E-state index contributed by atoms with van der Waals surface area (Å²) in [6, 6.07) is 3.39. The lowest BCUT2D eigenvalue weighted by atomic mass is 10.2. The maximum absolute atomic E-state index is 11.9. The molecular weight excluding hydrogens is 258 g/mol.